The Hall–Kier alpha value is -1.30. The van der Waals surface area contributed by atoms with Gasteiger partial charge < -0.3 is 19.6 Å². The van der Waals surface area contributed by atoms with Crippen molar-refractivity contribution in [2.75, 3.05) is 33.4 Å². The maximum Gasteiger partial charge on any atom is 0.326 e. The van der Waals surface area contributed by atoms with E-state index in [4.69, 9.17) is 9.84 Å². The van der Waals surface area contributed by atoms with Crippen molar-refractivity contribution in [1.82, 2.24) is 9.80 Å². The Labute approximate surface area is 113 Å². The molecule has 2 saturated heterocycles. The lowest BCUT2D eigenvalue weighted by Crippen LogP contribution is -2.48. The number of ether oxygens (including phenoxy) is 1. The largest absolute Gasteiger partial charge is 0.480 e. The number of carbonyl (C=O) groups is 2. The number of urea groups is 1. The molecule has 0 saturated carbocycles. The third-order valence-electron chi connectivity index (χ3n) is 3.98. The van der Waals surface area contributed by atoms with E-state index >= 15 is 0 Å². The molecule has 19 heavy (non-hydrogen) atoms. The number of carboxylic acids is 1. The minimum absolute atomic E-state index is 0.156. The van der Waals surface area contributed by atoms with Gasteiger partial charge in [-0.05, 0) is 31.6 Å². The van der Waals surface area contributed by atoms with Gasteiger partial charge in [0.2, 0.25) is 0 Å². The van der Waals surface area contributed by atoms with Crippen molar-refractivity contribution in [2.45, 2.75) is 31.7 Å². The second-order valence-corrected chi connectivity index (χ2v) is 5.41. The Morgan fingerprint density at radius 3 is 2.63 bits per heavy atom. The monoisotopic (exact) mass is 270 g/mol. The smallest absolute Gasteiger partial charge is 0.326 e. The molecule has 0 unspecified atom stereocenters. The van der Waals surface area contributed by atoms with Gasteiger partial charge in [-0.25, -0.2) is 9.59 Å². The van der Waals surface area contributed by atoms with Crippen molar-refractivity contribution < 1.29 is 19.4 Å². The molecule has 0 aliphatic carbocycles. The summed E-state index contributed by atoms with van der Waals surface area (Å²) in [5.74, 6) is -0.432. The summed E-state index contributed by atoms with van der Waals surface area (Å²) < 4.78 is 5.30. The zero-order valence-electron chi connectivity index (χ0n) is 11.4. The highest BCUT2D eigenvalue weighted by Crippen LogP contribution is 2.21. The summed E-state index contributed by atoms with van der Waals surface area (Å²) >= 11 is 0. The topological polar surface area (TPSA) is 70.1 Å². The molecule has 0 radical (unpaired) electrons. The molecule has 2 rings (SSSR count). The predicted octanol–water partition coefficient (Wildman–Crippen LogP) is 1.01. The molecule has 0 aromatic heterocycles. The van der Waals surface area contributed by atoms with Crippen LogP contribution in [0.4, 0.5) is 4.79 Å². The number of hydrogen-bond donors (Lipinski definition) is 1. The molecular weight excluding hydrogens is 248 g/mol. The zero-order chi connectivity index (χ0) is 13.8. The highest BCUT2D eigenvalue weighted by Gasteiger charge is 2.35. The normalized spacial score (nSPS) is 24.5. The van der Waals surface area contributed by atoms with Crippen LogP contribution in [0.25, 0.3) is 0 Å². The highest BCUT2D eigenvalue weighted by atomic mass is 16.5. The molecule has 1 N–H and O–H groups in total. The van der Waals surface area contributed by atoms with Gasteiger partial charge in [-0.3, -0.25) is 0 Å². The van der Waals surface area contributed by atoms with Crippen LogP contribution >= 0.6 is 0 Å². The molecule has 2 heterocycles. The van der Waals surface area contributed by atoms with Gasteiger partial charge in [0.25, 0.3) is 0 Å². The van der Waals surface area contributed by atoms with E-state index in [1.54, 1.807) is 11.9 Å². The third kappa shape index (κ3) is 3.37. The van der Waals surface area contributed by atoms with Crippen molar-refractivity contribution in [3.05, 3.63) is 0 Å². The van der Waals surface area contributed by atoms with Crippen molar-refractivity contribution >= 4 is 12.0 Å². The van der Waals surface area contributed by atoms with E-state index in [1.165, 1.54) is 4.90 Å². The first-order valence-corrected chi connectivity index (χ1v) is 6.92. The molecule has 0 spiro atoms. The lowest BCUT2D eigenvalue weighted by atomic mass is 10.00. The summed E-state index contributed by atoms with van der Waals surface area (Å²) in [5, 5.41) is 9.11. The molecule has 2 fully saturated rings. The fourth-order valence-electron chi connectivity index (χ4n) is 2.87. The number of carboxylic acid groups (broad SMARTS) is 1. The van der Waals surface area contributed by atoms with Gasteiger partial charge in [0, 0.05) is 33.4 Å². The fourth-order valence-corrected chi connectivity index (χ4v) is 2.87. The Kier molecular flexibility index (Phi) is 4.63. The number of nitrogens with zero attached hydrogens (tertiary/aromatic N) is 2. The predicted molar refractivity (Wildman–Crippen MR) is 68.9 cm³/mol. The van der Waals surface area contributed by atoms with E-state index in [0.717, 1.165) is 32.5 Å². The van der Waals surface area contributed by atoms with Crippen molar-refractivity contribution in [3.8, 4) is 0 Å². The summed E-state index contributed by atoms with van der Waals surface area (Å²) in [5.41, 5.74) is 0. The minimum Gasteiger partial charge on any atom is -0.480 e. The number of aliphatic carboxylic acids is 1. The lowest BCUT2D eigenvalue weighted by molar-refractivity contribution is -0.141. The number of carbonyl (C=O) groups excluding carboxylic acids is 1. The molecular formula is C13H22N2O4. The maximum absolute atomic E-state index is 12.3. The first kappa shape index (κ1) is 14.1. The van der Waals surface area contributed by atoms with E-state index in [-0.39, 0.29) is 6.03 Å². The quantitative estimate of drug-likeness (QED) is 0.831. The van der Waals surface area contributed by atoms with E-state index in [9.17, 15) is 9.59 Å². The van der Waals surface area contributed by atoms with E-state index in [2.05, 4.69) is 0 Å². The Morgan fingerprint density at radius 1 is 1.32 bits per heavy atom. The van der Waals surface area contributed by atoms with Crippen LogP contribution in [0.2, 0.25) is 0 Å². The minimum atomic E-state index is -0.898. The number of likely N-dealkylation sites (tertiary alicyclic amines) is 1. The Morgan fingerprint density at radius 2 is 2.00 bits per heavy atom. The Balaban J connectivity index is 1.89. The van der Waals surface area contributed by atoms with Gasteiger partial charge in [-0.15, -0.1) is 0 Å². The molecule has 6 heteroatoms. The van der Waals surface area contributed by atoms with Crippen molar-refractivity contribution in [1.29, 1.82) is 0 Å². The molecule has 0 aromatic rings. The van der Waals surface area contributed by atoms with Gasteiger partial charge in [0.1, 0.15) is 6.04 Å². The third-order valence-corrected chi connectivity index (χ3v) is 3.98. The molecule has 0 bridgehead atoms. The van der Waals surface area contributed by atoms with Gasteiger partial charge in [0.15, 0.2) is 0 Å². The van der Waals surface area contributed by atoms with Crippen LogP contribution in [0.15, 0.2) is 0 Å². The maximum atomic E-state index is 12.3. The van der Waals surface area contributed by atoms with Crippen LogP contribution < -0.4 is 0 Å². The van der Waals surface area contributed by atoms with Crippen molar-refractivity contribution in [3.63, 3.8) is 0 Å². The summed E-state index contributed by atoms with van der Waals surface area (Å²) in [4.78, 5) is 26.5. The second kappa shape index (κ2) is 6.23. The molecule has 1 atom stereocenters. The van der Waals surface area contributed by atoms with E-state index in [1.807, 2.05) is 0 Å². The molecule has 6 nitrogen and oxygen atoms in total. The van der Waals surface area contributed by atoms with Crippen LogP contribution in [0.3, 0.4) is 0 Å². The van der Waals surface area contributed by atoms with Crippen LogP contribution in [0, 0.1) is 5.92 Å². The first-order chi connectivity index (χ1) is 9.09. The number of rotatable bonds is 3. The average Bonchev–Trinajstić information content (AvgIpc) is 2.88. The molecule has 2 amide bonds. The lowest BCUT2D eigenvalue weighted by Gasteiger charge is -2.31. The number of hydrogen-bond acceptors (Lipinski definition) is 3. The fraction of sp³-hybridized carbons (Fsp3) is 0.846. The molecule has 108 valence electrons. The van der Waals surface area contributed by atoms with Crippen LogP contribution in [-0.2, 0) is 9.53 Å². The van der Waals surface area contributed by atoms with E-state index in [0.29, 0.717) is 25.4 Å². The summed E-state index contributed by atoms with van der Waals surface area (Å²) in [6.45, 7) is 2.75. The van der Waals surface area contributed by atoms with Crippen LogP contribution in [0.5, 0.6) is 0 Å². The summed E-state index contributed by atoms with van der Waals surface area (Å²) in [6.07, 6.45) is 3.28. The summed E-state index contributed by atoms with van der Waals surface area (Å²) in [6, 6.07) is -0.805. The van der Waals surface area contributed by atoms with E-state index < -0.39 is 12.0 Å². The molecule has 2 aliphatic heterocycles. The second-order valence-electron chi connectivity index (χ2n) is 5.41. The van der Waals surface area contributed by atoms with Crippen LogP contribution in [0.1, 0.15) is 25.7 Å². The average molecular weight is 270 g/mol. The first-order valence-electron chi connectivity index (χ1n) is 6.92. The van der Waals surface area contributed by atoms with Crippen LogP contribution in [-0.4, -0.2) is 66.3 Å². The standard InChI is InChI=1S/C13H22N2O4/c1-14(9-10-4-7-19-8-5-10)13(18)15-6-2-3-11(15)12(16)17/h10-11H,2-9H2,1H3,(H,16,17)/t11-/m1/s1. The SMILES string of the molecule is CN(CC1CCOCC1)C(=O)N1CCC[C@@H]1C(=O)O. The zero-order valence-corrected chi connectivity index (χ0v) is 11.4. The van der Waals surface area contributed by atoms with Gasteiger partial charge in [0.05, 0.1) is 0 Å². The van der Waals surface area contributed by atoms with Gasteiger partial charge >= 0.3 is 12.0 Å². The molecule has 0 aromatic carbocycles. The highest BCUT2D eigenvalue weighted by molar-refractivity contribution is 5.83. The van der Waals surface area contributed by atoms with Gasteiger partial charge in [-0.2, -0.15) is 0 Å². The molecule has 2 aliphatic rings. The van der Waals surface area contributed by atoms with Crippen molar-refractivity contribution in [2.24, 2.45) is 5.92 Å². The Bertz CT molecular complexity index is 342. The summed E-state index contributed by atoms with van der Waals surface area (Å²) in [7, 11) is 1.76. The number of amides is 2. The van der Waals surface area contributed by atoms with Gasteiger partial charge in [-0.1, -0.05) is 0 Å².